The minimum atomic E-state index is -0.0750. The zero-order chi connectivity index (χ0) is 17.6. The highest BCUT2D eigenvalue weighted by Gasteiger charge is 2.22. The van der Waals surface area contributed by atoms with Gasteiger partial charge in [0.2, 0.25) is 11.8 Å². The summed E-state index contributed by atoms with van der Waals surface area (Å²) in [5, 5.41) is 13.8. The molecule has 2 aromatic heterocycles. The highest BCUT2D eigenvalue weighted by atomic mass is 35.5. The number of pyridine rings is 1. The monoisotopic (exact) mass is 358 g/mol. The number of ether oxygens (including phenoxy) is 1. The van der Waals surface area contributed by atoms with Gasteiger partial charge in [0.1, 0.15) is 5.52 Å². The van der Waals surface area contributed by atoms with Crippen molar-refractivity contribution in [3.8, 4) is 17.0 Å². The molecule has 0 atom stereocenters. The van der Waals surface area contributed by atoms with Crippen LogP contribution in [0, 0.1) is 6.92 Å². The number of aryl methyl sites for hydroxylation is 2. The molecule has 0 amide bonds. The normalized spacial score (nSPS) is 13.6. The topological polar surface area (TPSA) is 72.2 Å². The maximum Gasteiger partial charge on any atom is 0.213 e. The summed E-state index contributed by atoms with van der Waals surface area (Å²) >= 11 is 6.73. The number of hydrogen-bond donors (Lipinski definition) is 2. The van der Waals surface area contributed by atoms with Gasteiger partial charge in [-0.1, -0.05) is 11.6 Å². The van der Waals surface area contributed by atoms with Gasteiger partial charge in [0.25, 0.3) is 0 Å². The van der Waals surface area contributed by atoms with E-state index in [4.69, 9.17) is 16.3 Å². The summed E-state index contributed by atoms with van der Waals surface area (Å²) in [5.41, 5.74) is 5.15. The quantitative estimate of drug-likeness (QED) is 0.751. The molecule has 3 heterocycles. The Kier molecular flexibility index (Phi) is 4.01. The van der Waals surface area contributed by atoms with Crippen LogP contribution in [0.3, 0.4) is 0 Å². The number of imidazole rings is 1. The first-order valence-electron chi connectivity index (χ1n) is 8.21. The number of anilines is 1. The van der Waals surface area contributed by atoms with Crippen molar-refractivity contribution in [2.45, 2.75) is 26.5 Å². The fourth-order valence-electron chi connectivity index (χ4n) is 3.40. The van der Waals surface area contributed by atoms with Crippen LogP contribution >= 0.6 is 11.6 Å². The van der Waals surface area contributed by atoms with E-state index in [1.807, 2.05) is 19.1 Å². The van der Waals surface area contributed by atoms with Crippen molar-refractivity contribution in [1.29, 1.82) is 0 Å². The van der Waals surface area contributed by atoms with Crippen molar-refractivity contribution >= 4 is 28.6 Å². The fourth-order valence-corrected chi connectivity index (χ4v) is 3.68. The van der Waals surface area contributed by atoms with Crippen LogP contribution in [0.25, 0.3) is 22.2 Å². The van der Waals surface area contributed by atoms with Gasteiger partial charge in [-0.2, -0.15) is 0 Å². The molecule has 0 aliphatic carbocycles. The molecule has 2 N–H and O–H groups in total. The molecule has 4 rings (SSSR count). The molecule has 0 unspecified atom stereocenters. The number of halogens is 1. The first kappa shape index (κ1) is 16.2. The molecular formula is C18H19ClN4O2. The van der Waals surface area contributed by atoms with Gasteiger partial charge < -0.3 is 19.7 Å². The van der Waals surface area contributed by atoms with Crippen LogP contribution in [-0.4, -0.2) is 33.3 Å². The molecule has 25 heavy (non-hydrogen) atoms. The summed E-state index contributed by atoms with van der Waals surface area (Å²) in [6.45, 7) is 3.67. The van der Waals surface area contributed by atoms with E-state index in [-0.39, 0.29) is 6.61 Å². The Bertz CT molecular complexity index is 968. The van der Waals surface area contributed by atoms with Gasteiger partial charge in [-0.05, 0) is 25.0 Å². The molecule has 7 heteroatoms. The summed E-state index contributed by atoms with van der Waals surface area (Å²) < 4.78 is 7.27. The van der Waals surface area contributed by atoms with Gasteiger partial charge in [-0.15, -0.1) is 0 Å². The number of nitrogens with zero attached hydrogens (tertiary/aromatic N) is 3. The second-order valence-corrected chi connectivity index (χ2v) is 6.54. The minimum Gasteiger partial charge on any atom is -0.481 e. The zero-order valence-electron chi connectivity index (χ0n) is 14.1. The summed E-state index contributed by atoms with van der Waals surface area (Å²) in [6, 6.07) is 3.80. The van der Waals surface area contributed by atoms with E-state index in [0.717, 1.165) is 53.2 Å². The third-order valence-electron chi connectivity index (χ3n) is 4.63. The Morgan fingerprint density at radius 2 is 2.20 bits per heavy atom. The van der Waals surface area contributed by atoms with Crippen LogP contribution in [-0.2, 0) is 13.2 Å². The molecule has 0 saturated carbocycles. The van der Waals surface area contributed by atoms with E-state index >= 15 is 0 Å². The fraction of sp³-hybridized carbons (Fsp3) is 0.333. The van der Waals surface area contributed by atoms with E-state index in [1.165, 1.54) is 0 Å². The first-order chi connectivity index (χ1) is 12.1. The molecule has 130 valence electrons. The molecule has 6 nitrogen and oxygen atoms in total. The second-order valence-electron chi connectivity index (χ2n) is 6.16. The third-order valence-corrected chi connectivity index (χ3v) is 5.01. The average molecular weight is 359 g/mol. The zero-order valence-corrected chi connectivity index (χ0v) is 14.9. The largest absolute Gasteiger partial charge is 0.481 e. The predicted molar refractivity (Wildman–Crippen MR) is 98.3 cm³/mol. The molecule has 0 radical (unpaired) electrons. The van der Waals surface area contributed by atoms with Crippen molar-refractivity contribution in [2.24, 2.45) is 0 Å². The number of methoxy groups -OCH3 is 1. The first-order valence-corrected chi connectivity index (χ1v) is 8.59. The van der Waals surface area contributed by atoms with Crippen molar-refractivity contribution in [1.82, 2.24) is 14.5 Å². The molecular weight excluding hydrogens is 340 g/mol. The van der Waals surface area contributed by atoms with Crippen molar-refractivity contribution < 1.29 is 9.84 Å². The standard InChI is InChI=1S/C18H19ClN4O2/c1-10-6-14(25-2)21-8-13(10)12-7-11(9-24)17-16(15(12)19)22-18-20-4-3-5-23(17)18/h6-8,24H,3-5,9H2,1-2H3,(H,20,22). The Balaban J connectivity index is 1.98. The van der Waals surface area contributed by atoms with Gasteiger partial charge in [0, 0.05) is 42.0 Å². The number of aliphatic hydroxyl groups excluding tert-OH is 1. The molecule has 1 aliphatic rings. The molecule has 0 saturated heterocycles. The van der Waals surface area contributed by atoms with Crippen molar-refractivity contribution in [2.75, 3.05) is 19.0 Å². The number of aromatic nitrogens is 3. The lowest BCUT2D eigenvalue weighted by atomic mass is 9.99. The Labute approximate surface area is 150 Å². The van der Waals surface area contributed by atoms with E-state index < -0.39 is 0 Å². The van der Waals surface area contributed by atoms with Crippen LogP contribution in [0.1, 0.15) is 17.5 Å². The lowest BCUT2D eigenvalue weighted by Crippen LogP contribution is -2.17. The molecule has 0 fully saturated rings. The summed E-state index contributed by atoms with van der Waals surface area (Å²) in [6.07, 6.45) is 2.76. The Hall–Kier alpha value is -2.31. The maximum atomic E-state index is 9.93. The lowest BCUT2D eigenvalue weighted by Gasteiger charge is -2.17. The second kappa shape index (κ2) is 6.20. The Morgan fingerprint density at radius 1 is 1.36 bits per heavy atom. The summed E-state index contributed by atoms with van der Waals surface area (Å²) in [5.74, 6) is 1.36. The van der Waals surface area contributed by atoms with E-state index in [0.29, 0.717) is 16.4 Å². The van der Waals surface area contributed by atoms with E-state index in [1.54, 1.807) is 13.3 Å². The number of nitrogens with one attached hydrogen (secondary N) is 1. The Morgan fingerprint density at radius 3 is 2.92 bits per heavy atom. The molecule has 1 aliphatic heterocycles. The van der Waals surface area contributed by atoms with Crippen LogP contribution in [0.15, 0.2) is 18.3 Å². The SMILES string of the molecule is COc1cc(C)c(-c2cc(CO)c3c(nc4n3CCCN4)c2Cl)cn1. The highest BCUT2D eigenvalue weighted by molar-refractivity contribution is 6.38. The summed E-state index contributed by atoms with van der Waals surface area (Å²) in [4.78, 5) is 8.97. The molecule has 0 bridgehead atoms. The van der Waals surface area contributed by atoms with Gasteiger partial charge >= 0.3 is 0 Å². The lowest BCUT2D eigenvalue weighted by molar-refractivity contribution is 0.283. The van der Waals surface area contributed by atoms with E-state index in [2.05, 4.69) is 19.9 Å². The third kappa shape index (κ3) is 2.53. The van der Waals surface area contributed by atoms with Crippen molar-refractivity contribution in [3.05, 3.63) is 34.5 Å². The van der Waals surface area contributed by atoms with Crippen LogP contribution in [0.5, 0.6) is 5.88 Å². The highest BCUT2D eigenvalue weighted by Crippen LogP contribution is 2.39. The van der Waals surface area contributed by atoms with Gasteiger partial charge in [-0.25, -0.2) is 9.97 Å². The number of benzene rings is 1. The van der Waals surface area contributed by atoms with Crippen LogP contribution in [0.2, 0.25) is 5.02 Å². The number of hydrogen-bond acceptors (Lipinski definition) is 5. The molecule has 3 aromatic rings. The average Bonchev–Trinajstić information content (AvgIpc) is 3.03. The van der Waals surface area contributed by atoms with Crippen LogP contribution < -0.4 is 10.1 Å². The van der Waals surface area contributed by atoms with Gasteiger partial charge in [0.05, 0.1) is 24.3 Å². The van der Waals surface area contributed by atoms with Gasteiger partial charge in [-0.3, -0.25) is 0 Å². The number of aliphatic hydroxyl groups is 1. The number of rotatable bonds is 3. The summed E-state index contributed by atoms with van der Waals surface area (Å²) in [7, 11) is 1.59. The predicted octanol–water partition coefficient (Wildman–Crippen LogP) is 3.38. The van der Waals surface area contributed by atoms with Crippen molar-refractivity contribution in [3.63, 3.8) is 0 Å². The van der Waals surface area contributed by atoms with Gasteiger partial charge in [0.15, 0.2) is 0 Å². The molecule has 0 spiro atoms. The van der Waals surface area contributed by atoms with E-state index in [9.17, 15) is 5.11 Å². The minimum absolute atomic E-state index is 0.0750. The smallest absolute Gasteiger partial charge is 0.213 e. The molecule has 1 aromatic carbocycles. The number of fused-ring (bicyclic) bond motifs is 3. The van der Waals surface area contributed by atoms with Crippen LogP contribution in [0.4, 0.5) is 5.95 Å². The maximum absolute atomic E-state index is 9.93.